The Kier molecular flexibility index (Phi) is 5.88. The van der Waals surface area contributed by atoms with Gasteiger partial charge in [0.2, 0.25) is 5.91 Å². The van der Waals surface area contributed by atoms with E-state index in [2.05, 4.69) is 64.8 Å². The van der Waals surface area contributed by atoms with Crippen molar-refractivity contribution in [2.75, 3.05) is 13.1 Å². The Morgan fingerprint density at radius 1 is 1.37 bits per heavy atom. The lowest BCUT2D eigenvalue weighted by atomic mass is 9.59. The van der Waals surface area contributed by atoms with Crippen LogP contribution in [-0.4, -0.2) is 36.2 Å². The lowest BCUT2D eigenvalue weighted by Gasteiger charge is -2.52. The number of amides is 1. The largest absolute Gasteiger partial charge is 0.369 e. The van der Waals surface area contributed by atoms with Crippen molar-refractivity contribution in [3.63, 3.8) is 0 Å². The molecule has 156 valence electrons. The molecule has 4 nitrogen and oxygen atoms in total. The van der Waals surface area contributed by atoms with Gasteiger partial charge in [0, 0.05) is 27.7 Å². The normalized spacial score (nSPS) is 25.4. The fourth-order valence-corrected chi connectivity index (χ4v) is 5.75. The smallest absolute Gasteiger partial charge is 0.231 e. The minimum Gasteiger partial charge on any atom is -0.369 e. The van der Waals surface area contributed by atoms with Gasteiger partial charge in [-0.05, 0) is 54.8 Å². The average molecular weight is 487 g/mol. The van der Waals surface area contributed by atoms with Gasteiger partial charge in [0.05, 0.1) is 17.6 Å². The van der Waals surface area contributed by atoms with Crippen molar-refractivity contribution in [1.82, 2.24) is 4.90 Å². The molecule has 0 aliphatic carbocycles. The number of halogens is 2. The number of carbonyl (C=O) groups is 1. The molecule has 2 N–H and O–H groups in total. The van der Waals surface area contributed by atoms with Crippen LogP contribution in [0, 0.1) is 0 Å². The fourth-order valence-electron chi connectivity index (χ4n) is 5.20. The van der Waals surface area contributed by atoms with Gasteiger partial charge in [-0.1, -0.05) is 64.8 Å². The number of hydrogen-bond acceptors (Lipinski definition) is 3. The summed E-state index contributed by atoms with van der Waals surface area (Å²) < 4.78 is 0.991. The molecule has 2 aromatic rings. The third-order valence-electron chi connectivity index (χ3n) is 6.39. The van der Waals surface area contributed by atoms with Gasteiger partial charge in [-0.15, -0.1) is 0 Å². The van der Waals surface area contributed by atoms with Crippen molar-refractivity contribution in [2.45, 2.75) is 37.1 Å². The Hall–Kier alpha value is -1.95. The van der Waals surface area contributed by atoms with Crippen LogP contribution in [-0.2, 0) is 10.2 Å². The Morgan fingerprint density at radius 3 is 2.87 bits per heavy atom. The van der Waals surface area contributed by atoms with Gasteiger partial charge in [0.15, 0.2) is 0 Å². The molecule has 1 amide bonds. The Morgan fingerprint density at radius 2 is 2.17 bits per heavy atom. The first-order valence-electron chi connectivity index (χ1n) is 10.2. The third-order valence-corrected chi connectivity index (χ3v) is 7.12. The highest BCUT2D eigenvalue weighted by molar-refractivity contribution is 9.10. The van der Waals surface area contributed by atoms with Crippen LogP contribution in [0.1, 0.15) is 36.8 Å². The quantitative estimate of drug-likeness (QED) is 0.578. The Labute approximate surface area is 190 Å². The summed E-state index contributed by atoms with van der Waals surface area (Å²) in [6.07, 6.45) is 3.75. The Balaban J connectivity index is 1.95. The number of fused-ring (bicyclic) bond motifs is 2. The van der Waals surface area contributed by atoms with E-state index < -0.39 is 5.41 Å². The lowest BCUT2D eigenvalue weighted by molar-refractivity contribution is -0.120. The number of likely N-dealkylation sites (tertiary alicyclic amines) is 1. The molecule has 1 spiro atoms. The van der Waals surface area contributed by atoms with Crippen molar-refractivity contribution < 1.29 is 4.79 Å². The molecular formula is C24H25BrClN3O. The van der Waals surface area contributed by atoms with Gasteiger partial charge >= 0.3 is 0 Å². The minimum absolute atomic E-state index is 0.0843. The van der Waals surface area contributed by atoms with E-state index in [1.165, 1.54) is 5.56 Å². The number of rotatable bonds is 5. The van der Waals surface area contributed by atoms with E-state index in [1.54, 1.807) is 0 Å². The van der Waals surface area contributed by atoms with Crippen molar-refractivity contribution in [3.05, 3.63) is 75.2 Å². The van der Waals surface area contributed by atoms with Gasteiger partial charge in [-0.3, -0.25) is 14.7 Å². The van der Waals surface area contributed by atoms with Crippen LogP contribution in [0.2, 0.25) is 5.02 Å². The molecule has 2 aliphatic heterocycles. The average Bonchev–Trinajstić information content (AvgIpc) is 3.05. The fraction of sp³-hybridized carbons (Fsp3) is 0.333. The van der Waals surface area contributed by atoms with E-state index in [-0.39, 0.29) is 24.4 Å². The monoisotopic (exact) mass is 485 g/mol. The van der Waals surface area contributed by atoms with Crippen molar-refractivity contribution in [3.8, 4) is 0 Å². The van der Waals surface area contributed by atoms with Gasteiger partial charge in [-0.25, -0.2) is 0 Å². The highest BCUT2D eigenvalue weighted by Crippen LogP contribution is 2.55. The second-order valence-corrected chi connectivity index (χ2v) is 9.45. The van der Waals surface area contributed by atoms with E-state index in [1.807, 2.05) is 18.2 Å². The Bertz CT molecular complexity index is 1040. The standard InChI is InChI=1S/C24H25BrClN3O/c1-3-15(2)23-24(14-28-21-12-17(25)7-8-20(21)24)19(9-10-29(23)13-22(27)30)16-5-4-6-18(26)11-16/h4-8,11-12,14,19,23H,2-3,9-10,13H2,1H3,(H2,27,30)/t19-,23+,24-/m0/s1. The minimum atomic E-state index is -0.443. The molecule has 0 aromatic heterocycles. The van der Waals surface area contributed by atoms with E-state index in [9.17, 15) is 4.79 Å². The zero-order valence-corrected chi connectivity index (χ0v) is 19.3. The molecule has 6 heteroatoms. The molecule has 0 unspecified atom stereocenters. The van der Waals surface area contributed by atoms with Crippen LogP contribution >= 0.6 is 27.5 Å². The molecule has 2 aromatic carbocycles. The number of nitrogens with zero attached hydrogens (tertiary/aromatic N) is 2. The summed E-state index contributed by atoms with van der Waals surface area (Å²) in [4.78, 5) is 18.9. The van der Waals surface area contributed by atoms with Crippen LogP contribution in [0.25, 0.3) is 0 Å². The number of piperidine rings is 1. The van der Waals surface area contributed by atoms with E-state index in [0.717, 1.165) is 45.7 Å². The summed E-state index contributed by atoms with van der Waals surface area (Å²) in [5.41, 5.74) is 9.54. The molecule has 30 heavy (non-hydrogen) atoms. The summed E-state index contributed by atoms with van der Waals surface area (Å²) in [6.45, 7) is 7.48. The van der Waals surface area contributed by atoms with E-state index in [0.29, 0.717) is 0 Å². The first kappa shape index (κ1) is 21.3. The maximum atomic E-state index is 11.9. The number of nitrogens with two attached hydrogens (primary N) is 1. The molecule has 4 rings (SSSR count). The number of carbonyl (C=O) groups excluding carboxylic acids is 1. The van der Waals surface area contributed by atoms with Gasteiger partial charge in [0.25, 0.3) is 0 Å². The molecule has 2 aliphatic rings. The highest BCUT2D eigenvalue weighted by Gasteiger charge is 2.55. The first-order chi connectivity index (χ1) is 14.4. The molecule has 2 heterocycles. The number of aliphatic imine (C=N–C) groups is 1. The van der Waals surface area contributed by atoms with Gasteiger partial charge < -0.3 is 5.73 Å². The van der Waals surface area contributed by atoms with Gasteiger partial charge in [-0.2, -0.15) is 0 Å². The van der Waals surface area contributed by atoms with Crippen LogP contribution in [0.4, 0.5) is 5.69 Å². The number of primary amides is 1. The van der Waals surface area contributed by atoms with Gasteiger partial charge in [0.1, 0.15) is 0 Å². The third kappa shape index (κ3) is 3.53. The van der Waals surface area contributed by atoms with E-state index >= 15 is 0 Å². The second-order valence-electron chi connectivity index (χ2n) is 8.10. The van der Waals surface area contributed by atoms with E-state index in [4.69, 9.17) is 22.3 Å². The first-order valence-corrected chi connectivity index (χ1v) is 11.3. The molecule has 1 saturated heterocycles. The predicted octanol–water partition coefficient (Wildman–Crippen LogP) is 5.37. The second kappa shape index (κ2) is 8.29. The molecule has 1 fully saturated rings. The SMILES string of the molecule is C=C(CC)[C@H]1N(CC(N)=O)CC[C@@H](c2cccc(Cl)c2)[C@]12C=Nc1cc(Br)ccc12. The summed E-state index contributed by atoms with van der Waals surface area (Å²) >= 11 is 9.94. The summed E-state index contributed by atoms with van der Waals surface area (Å²) in [6, 6.07) is 14.3. The van der Waals surface area contributed by atoms with Crippen LogP contribution < -0.4 is 5.73 Å². The van der Waals surface area contributed by atoms with Crippen LogP contribution in [0.5, 0.6) is 0 Å². The molecule has 0 radical (unpaired) electrons. The maximum absolute atomic E-state index is 11.9. The molecule has 3 atom stereocenters. The van der Waals surface area contributed by atoms with Crippen LogP contribution in [0.3, 0.4) is 0 Å². The summed E-state index contributed by atoms with van der Waals surface area (Å²) in [7, 11) is 0. The maximum Gasteiger partial charge on any atom is 0.231 e. The zero-order valence-electron chi connectivity index (χ0n) is 16.9. The van der Waals surface area contributed by atoms with Crippen molar-refractivity contribution >= 4 is 45.3 Å². The van der Waals surface area contributed by atoms with Crippen molar-refractivity contribution in [1.29, 1.82) is 0 Å². The molecule has 0 saturated carbocycles. The number of benzene rings is 2. The molecular weight excluding hydrogens is 462 g/mol. The van der Waals surface area contributed by atoms with Crippen LogP contribution in [0.15, 0.2) is 64.1 Å². The summed E-state index contributed by atoms with van der Waals surface area (Å²) in [5, 5.41) is 0.721. The molecule has 0 bridgehead atoms. The summed E-state index contributed by atoms with van der Waals surface area (Å²) in [5.74, 6) is -0.175. The topological polar surface area (TPSA) is 58.7 Å². The lowest BCUT2D eigenvalue weighted by Crippen LogP contribution is -2.60. The number of hydrogen-bond donors (Lipinski definition) is 1. The highest BCUT2D eigenvalue weighted by atomic mass is 79.9. The predicted molar refractivity (Wildman–Crippen MR) is 127 cm³/mol. The van der Waals surface area contributed by atoms with Crippen molar-refractivity contribution in [2.24, 2.45) is 10.7 Å². The zero-order chi connectivity index (χ0) is 21.5.